The smallest absolute Gasteiger partial charge is 0.508 e. The number of hydrogen-bond acceptors (Lipinski definition) is 4. The lowest BCUT2D eigenvalue weighted by atomic mass is 9.98. The van der Waals surface area contributed by atoms with Gasteiger partial charge in [0.1, 0.15) is 11.5 Å². The molecule has 3 aromatic rings. The number of hydrogen-bond donors (Lipinski definition) is 2. The summed E-state index contributed by atoms with van der Waals surface area (Å²) in [5, 5.41) is 19.6. The van der Waals surface area contributed by atoms with Gasteiger partial charge in [-0.15, -0.1) is 13.2 Å². The molecule has 0 fully saturated rings. The first-order valence-corrected chi connectivity index (χ1v) is 8.47. The van der Waals surface area contributed by atoms with Crippen molar-refractivity contribution in [2.24, 2.45) is 0 Å². The summed E-state index contributed by atoms with van der Waals surface area (Å²) in [6.07, 6.45) is -4.84. The monoisotopic (exact) mass is 407 g/mol. The predicted octanol–water partition coefficient (Wildman–Crippen LogP) is 4.43. The summed E-state index contributed by atoms with van der Waals surface area (Å²) in [5.74, 6) is -3.16. The fraction of sp³-hybridized carbons (Fsp3) is 0.200. The number of carbonyl (C=O) groups excluding carboxylic acids is 1. The predicted molar refractivity (Wildman–Crippen MR) is 97.2 cm³/mol. The van der Waals surface area contributed by atoms with Crippen LogP contribution >= 0.6 is 0 Å². The molecule has 0 bridgehead atoms. The Hall–Kier alpha value is -3.49. The van der Waals surface area contributed by atoms with E-state index in [0.717, 1.165) is 12.1 Å². The Bertz CT molecular complexity index is 1100. The molecule has 2 aromatic carbocycles. The molecule has 1 heterocycles. The number of phenolic OH excluding ortho intramolecular Hbond substituents is 1. The highest BCUT2D eigenvalue weighted by Crippen LogP contribution is 2.35. The fourth-order valence-corrected chi connectivity index (χ4v) is 3.29. The summed E-state index contributed by atoms with van der Waals surface area (Å²) in [5.41, 5.74) is 1.20. The molecule has 0 amide bonds. The first-order valence-electron chi connectivity index (χ1n) is 8.47. The van der Waals surface area contributed by atoms with E-state index in [4.69, 9.17) is 0 Å². The van der Waals surface area contributed by atoms with Gasteiger partial charge in [0.25, 0.3) is 5.91 Å². The van der Waals surface area contributed by atoms with Gasteiger partial charge < -0.3 is 14.9 Å². The van der Waals surface area contributed by atoms with Crippen LogP contribution in [0.1, 0.15) is 34.5 Å². The van der Waals surface area contributed by atoms with E-state index < -0.39 is 29.9 Å². The van der Waals surface area contributed by atoms with E-state index in [9.17, 15) is 33.0 Å². The molecule has 0 spiro atoms. The summed E-state index contributed by atoms with van der Waals surface area (Å²) in [6, 6.07) is 8.64. The number of carbonyl (C=O) groups is 2. The number of halogens is 3. The highest BCUT2D eigenvalue weighted by atomic mass is 19.4. The van der Waals surface area contributed by atoms with Crippen LogP contribution < -0.4 is 4.74 Å². The van der Waals surface area contributed by atoms with Crippen LogP contribution in [0, 0.1) is 6.92 Å². The van der Waals surface area contributed by atoms with Crippen molar-refractivity contribution >= 4 is 22.8 Å². The Balaban J connectivity index is 2.11. The van der Waals surface area contributed by atoms with Gasteiger partial charge in [-0.3, -0.25) is 14.2 Å². The number of ether oxygens (including phenoxy) is 1. The Morgan fingerprint density at radius 2 is 1.72 bits per heavy atom. The summed E-state index contributed by atoms with van der Waals surface area (Å²) in [6.45, 7) is 3.04. The number of aliphatic carboxylic acids is 1. The van der Waals surface area contributed by atoms with Gasteiger partial charge in [0.2, 0.25) is 0 Å². The maximum atomic E-state index is 13.1. The molecule has 6 nitrogen and oxygen atoms in total. The molecular formula is C20H16F3NO5. The van der Waals surface area contributed by atoms with Crippen molar-refractivity contribution in [1.29, 1.82) is 0 Å². The largest absolute Gasteiger partial charge is 0.573 e. The molecule has 152 valence electrons. The second-order valence-electron chi connectivity index (χ2n) is 6.47. The van der Waals surface area contributed by atoms with Gasteiger partial charge in [-0.25, -0.2) is 0 Å². The average molecular weight is 407 g/mol. The number of phenols is 1. The normalized spacial score (nSPS) is 12.7. The lowest BCUT2D eigenvalue weighted by molar-refractivity contribution is -0.274. The number of carboxylic acid groups (broad SMARTS) is 1. The summed E-state index contributed by atoms with van der Waals surface area (Å²) in [4.78, 5) is 24.6. The minimum absolute atomic E-state index is 0.0853. The van der Waals surface area contributed by atoms with Crippen LogP contribution in [0.3, 0.4) is 0 Å². The molecule has 0 saturated carbocycles. The highest BCUT2D eigenvalue weighted by molar-refractivity contribution is 6.05. The molecule has 1 aromatic heterocycles. The SMILES string of the molecule is Cc1c(C(C)C(=O)O)c2cc(O)ccc2n1C(=O)c1ccc(OC(F)(F)F)cc1. The number of benzene rings is 2. The van der Waals surface area contributed by atoms with Crippen molar-refractivity contribution in [3.05, 3.63) is 59.3 Å². The number of fused-ring (bicyclic) bond motifs is 1. The van der Waals surface area contributed by atoms with Crippen LogP contribution in [0.4, 0.5) is 13.2 Å². The van der Waals surface area contributed by atoms with E-state index in [1.54, 1.807) is 6.92 Å². The third-order valence-electron chi connectivity index (χ3n) is 4.58. The van der Waals surface area contributed by atoms with Gasteiger partial charge in [0.05, 0.1) is 11.4 Å². The van der Waals surface area contributed by atoms with Crippen LogP contribution in [0.25, 0.3) is 10.9 Å². The Kier molecular flexibility index (Phi) is 5.00. The number of aromatic nitrogens is 1. The van der Waals surface area contributed by atoms with Gasteiger partial charge in [0, 0.05) is 16.6 Å². The Labute approximate surface area is 162 Å². The summed E-state index contributed by atoms with van der Waals surface area (Å²) >= 11 is 0. The number of carboxylic acids is 1. The molecule has 0 aliphatic carbocycles. The number of rotatable bonds is 4. The lowest BCUT2D eigenvalue weighted by Crippen LogP contribution is -2.17. The van der Waals surface area contributed by atoms with E-state index >= 15 is 0 Å². The van der Waals surface area contributed by atoms with Crippen LogP contribution in [-0.4, -0.2) is 33.0 Å². The topological polar surface area (TPSA) is 88.8 Å². The molecule has 3 rings (SSSR count). The molecule has 0 saturated heterocycles. The highest BCUT2D eigenvalue weighted by Gasteiger charge is 2.31. The third kappa shape index (κ3) is 3.89. The van der Waals surface area contributed by atoms with E-state index in [-0.39, 0.29) is 11.3 Å². The van der Waals surface area contributed by atoms with Crippen LogP contribution in [0.5, 0.6) is 11.5 Å². The summed E-state index contributed by atoms with van der Waals surface area (Å²) in [7, 11) is 0. The zero-order valence-corrected chi connectivity index (χ0v) is 15.3. The lowest BCUT2D eigenvalue weighted by Gasteiger charge is -2.11. The van der Waals surface area contributed by atoms with Gasteiger partial charge in [-0.05, 0) is 61.9 Å². The first-order chi connectivity index (χ1) is 13.5. The maximum Gasteiger partial charge on any atom is 0.573 e. The fourth-order valence-electron chi connectivity index (χ4n) is 3.29. The van der Waals surface area contributed by atoms with E-state index in [1.807, 2.05) is 0 Å². The Morgan fingerprint density at radius 3 is 2.28 bits per heavy atom. The summed E-state index contributed by atoms with van der Waals surface area (Å²) < 4.78 is 42.0. The number of aromatic hydroxyl groups is 1. The zero-order chi connectivity index (χ0) is 21.5. The van der Waals surface area contributed by atoms with Gasteiger partial charge >= 0.3 is 12.3 Å². The molecule has 2 N–H and O–H groups in total. The Morgan fingerprint density at radius 1 is 1.10 bits per heavy atom. The van der Waals surface area contributed by atoms with Crippen molar-refractivity contribution in [3.8, 4) is 11.5 Å². The van der Waals surface area contributed by atoms with Crippen molar-refractivity contribution in [3.63, 3.8) is 0 Å². The average Bonchev–Trinajstić information content (AvgIpc) is 2.90. The molecule has 0 aliphatic rings. The van der Waals surface area contributed by atoms with Crippen LogP contribution in [-0.2, 0) is 4.79 Å². The van der Waals surface area contributed by atoms with Crippen molar-refractivity contribution < 1.29 is 37.7 Å². The number of nitrogens with zero attached hydrogens (tertiary/aromatic N) is 1. The second kappa shape index (κ2) is 7.16. The first kappa shape index (κ1) is 20.2. The quantitative estimate of drug-likeness (QED) is 0.668. The minimum atomic E-state index is -4.84. The molecule has 0 radical (unpaired) electrons. The molecule has 1 atom stereocenters. The second-order valence-corrected chi connectivity index (χ2v) is 6.47. The van der Waals surface area contributed by atoms with E-state index in [0.29, 0.717) is 22.2 Å². The standard InChI is InChI=1S/C20H16F3NO5/c1-10(19(27)28)17-11(2)24(16-8-5-13(25)9-15(16)17)18(26)12-3-6-14(7-4-12)29-20(21,22)23/h3-10,25H,1-2H3,(H,27,28). The van der Waals surface area contributed by atoms with Crippen LogP contribution in [0.2, 0.25) is 0 Å². The third-order valence-corrected chi connectivity index (χ3v) is 4.58. The van der Waals surface area contributed by atoms with Crippen LogP contribution in [0.15, 0.2) is 42.5 Å². The zero-order valence-electron chi connectivity index (χ0n) is 15.3. The van der Waals surface area contributed by atoms with E-state index in [1.165, 1.54) is 41.8 Å². The number of alkyl halides is 3. The van der Waals surface area contributed by atoms with Crippen molar-refractivity contribution in [1.82, 2.24) is 4.57 Å². The molecule has 0 aliphatic heterocycles. The van der Waals surface area contributed by atoms with Gasteiger partial charge in [-0.2, -0.15) is 0 Å². The van der Waals surface area contributed by atoms with Gasteiger partial charge in [0.15, 0.2) is 0 Å². The molecule has 9 heteroatoms. The van der Waals surface area contributed by atoms with E-state index in [2.05, 4.69) is 4.74 Å². The van der Waals surface area contributed by atoms with Gasteiger partial charge in [-0.1, -0.05) is 0 Å². The van der Waals surface area contributed by atoms with Crippen molar-refractivity contribution in [2.45, 2.75) is 26.1 Å². The van der Waals surface area contributed by atoms with Crippen molar-refractivity contribution in [2.75, 3.05) is 0 Å². The maximum absolute atomic E-state index is 13.1. The minimum Gasteiger partial charge on any atom is -0.508 e. The molecule has 1 unspecified atom stereocenters. The molecule has 29 heavy (non-hydrogen) atoms. The molecular weight excluding hydrogens is 391 g/mol.